The fourth-order valence-corrected chi connectivity index (χ4v) is 3.57. The molecule has 2 amide bonds. The van der Waals surface area contributed by atoms with Crippen molar-refractivity contribution in [3.63, 3.8) is 0 Å². The molecule has 0 saturated carbocycles. The third kappa shape index (κ3) is 3.55. The van der Waals surface area contributed by atoms with E-state index in [1.807, 2.05) is 0 Å². The number of aromatic nitrogens is 1. The number of piperidine rings is 1. The molecule has 2 aliphatic rings. The molecule has 0 spiro atoms. The van der Waals surface area contributed by atoms with Crippen LogP contribution in [0.15, 0.2) is 12.3 Å². The molecule has 3 rings (SSSR count). The third-order valence-corrected chi connectivity index (χ3v) is 4.92. The first-order valence-electron chi connectivity index (χ1n) is 8.08. The molecule has 1 aromatic heterocycles. The van der Waals surface area contributed by atoms with E-state index >= 15 is 0 Å². The lowest BCUT2D eigenvalue weighted by Gasteiger charge is -2.33. The minimum atomic E-state index is -0.431. The van der Waals surface area contributed by atoms with Gasteiger partial charge in [-0.1, -0.05) is 0 Å². The largest absolute Gasteiger partial charge is 0.377 e. The van der Waals surface area contributed by atoms with Crippen LogP contribution in [0.4, 0.5) is 4.39 Å². The maximum Gasteiger partial charge on any atom is 0.270 e. The Balaban J connectivity index is 1.50. The van der Waals surface area contributed by atoms with Crippen molar-refractivity contribution >= 4 is 11.8 Å². The van der Waals surface area contributed by atoms with Gasteiger partial charge in [-0.25, -0.2) is 4.39 Å². The number of rotatable bonds is 4. The summed E-state index contributed by atoms with van der Waals surface area (Å²) in [4.78, 5) is 28.0. The first-order chi connectivity index (χ1) is 11.0. The Labute approximate surface area is 134 Å². The Morgan fingerprint density at radius 1 is 1.35 bits per heavy atom. The van der Waals surface area contributed by atoms with Crippen LogP contribution in [-0.4, -0.2) is 47.5 Å². The number of carbonyl (C=O) groups excluding carboxylic acids is 2. The summed E-state index contributed by atoms with van der Waals surface area (Å²) in [5.41, 5.74) is 5.70. The Bertz CT molecular complexity index is 581. The molecule has 1 aromatic rings. The van der Waals surface area contributed by atoms with Crippen LogP contribution >= 0.6 is 0 Å². The van der Waals surface area contributed by atoms with E-state index in [9.17, 15) is 14.0 Å². The predicted molar refractivity (Wildman–Crippen MR) is 81.0 cm³/mol. The second-order valence-corrected chi connectivity index (χ2v) is 6.41. The quantitative estimate of drug-likeness (QED) is 0.875. The fraction of sp³-hybridized carbons (Fsp3) is 0.625. The van der Waals surface area contributed by atoms with E-state index in [0.717, 1.165) is 19.3 Å². The normalized spacial score (nSPS) is 25.7. The van der Waals surface area contributed by atoms with Gasteiger partial charge >= 0.3 is 0 Å². The molecule has 126 valence electrons. The lowest BCUT2D eigenvalue weighted by molar-refractivity contribution is -0.123. The van der Waals surface area contributed by atoms with Crippen molar-refractivity contribution in [3.05, 3.63) is 23.8 Å². The summed E-state index contributed by atoms with van der Waals surface area (Å²) in [6.45, 7) is 1.87. The van der Waals surface area contributed by atoms with Crippen molar-refractivity contribution in [2.45, 2.75) is 31.8 Å². The number of nitrogens with zero attached hydrogens (tertiary/aromatic N) is 1. The number of primary amides is 1. The van der Waals surface area contributed by atoms with E-state index in [2.05, 4.69) is 4.98 Å². The van der Waals surface area contributed by atoms with Gasteiger partial charge in [-0.05, 0) is 31.6 Å². The highest BCUT2D eigenvalue weighted by molar-refractivity contribution is 5.92. The predicted octanol–water partition coefficient (Wildman–Crippen LogP) is 1.29. The molecule has 0 radical (unpaired) electrons. The van der Waals surface area contributed by atoms with Crippen LogP contribution in [0.5, 0.6) is 0 Å². The average Bonchev–Trinajstić information content (AvgIpc) is 3.16. The van der Waals surface area contributed by atoms with Gasteiger partial charge in [0.15, 0.2) is 0 Å². The monoisotopic (exact) mass is 323 g/mol. The summed E-state index contributed by atoms with van der Waals surface area (Å²) in [7, 11) is 0. The first kappa shape index (κ1) is 16.0. The van der Waals surface area contributed by atoms with Crippen molar-refractivity contribution in [1.82, 2.24) is 9.88 Å². The summed E-state index contributed by atoms with van der Waals surface area (Å²) in [5.74, 6) is -0.645. The van der Waals surface area contributed by atoms with Gasteiger partial charge in [0.05, 0.1) is 12.0 Å². The Kier molecular flexibility index (Phi) is 4.66. The summed E-state index contributed by atoms with van der Waals surface area (Å²) in [6, 6.07) is 1.22. The second kappa shape index (κ2) is 6.70. The average molecular weight is 323 g/mol. The number of nitrogens with two attached hydrogens (primary N) is 1. The molecule has 2 fully saturated rings. The zero-order chi connectivity index (χ0) is 16.4. The number of aromatic amines is 1. The standard InChI is InChI=1S/C16H22FN3O3/c17-11-8-13(19-9-11)16(22)20-4-1-10(2-5-20)7-14-12(15(18)21)3-6-23-14/h8-10,12,14,19H,1-7H2,(H2,18,21)/t12-,14-/m1/s1. The van der Waals surface area contributed by atoms with Crippen LogP contribution in [-0.2, 0) is 9.53 Å². The van der Waals surface area contributed by atoms with Crippen molar-refractivity contribution in [3.8, 4) is 0 Å². The maximum atomic E-state index is 13.0. The summed E-state index contributed by atoms with van der Waals surface area (Å²) < 4.78 is 18.6. The molecule has 0 aliphatic carbocycles. The lowest BCUT2D eigenvalue weighted by Crippen LogP contribution is -2.40. The van der Waals surface area contributed by atoms with E-state index in [1.54, 1.807) is 4.90 Å². The van der Waals surface area contributed by atoms with Crippen LogP contribution < -0.4 is 5.73 Å². The Morgan fingerprint density at radius 2 is 2.09 bits per heavy atom. The number of ether oxygens (including phenoxy) is 1. The van der Waals surface area contributed by atoms with Crippen molar-refractivity contribution in [2.24, 2.45) is 17.6 Å². The highest BCUT2D eigenvalue weighted by Gasteiger charge is 2.35. The van der Waals surface area contributed by atoms with E-state index in [-0.39, 0.29) is 29.5 Å². The number of carbonyl (C=O) groups is 2. The van der Waals surface area contributed by atoms with E-state index < -0.39 is 5.82 Å². The minimum Gasteiger partial charge on any atom is -0.377 e. The molecule has 3 heterocycles. The molecule has 7 heteroatoms. The van der Waals surface area contributed by atoms with Crippen LogP contribution in [0.25, 0.3) is 0 Å². The second-order valence-electron chi connectivity index (χ2n) is 6.41. The SMILES string of the molecule is NC(=O)[C@@H]1CCO[C@@H]1CC1CCN(C(=O)c2cc(F)c[nH]2)CC1. The number of hydrogen-bond acceptors (Lipinski definition) is 3. The Hall–Kier alpha value is -1.89. The van der Waals surface area contributed by atoms with Gasteiger partial charge in [-0.15, -0.1) is 0 Å². The van der Waals surface area contributed by atoms with Crippen molar-refractivity contribution < 1.29 is 18.7 Å². The molecular formula is C16H22FN3O3. The number of nitrogens with one attached hydrogen (secondary N) is 1. The first-order valence-corrected chi connectivity index (χ1v) is 8.08. The van der Waals surface area contributed by atoms with Crippen LogP contribution in [0, 0.1) is 17.7 Å². The number of H-pyrrole nitrogens is 1. The maximum absolute atomic E-state index is 13.0. The number of hydrogen-bond donors (Lipinski definition) is 2. The van der Waals surface area contributed by atoms with Gasteiger partial charge in [0, 0.05) is 32.0 Å². The topological polar surface area (TPSA) is 88.4 Å². The third-order valence-electron chi connectivity index (χ3n) is 4.92. The fourth-order valence-electron chi connectivity index (χ4n) is 3.57. The summed E-state index contributed by atoms with van der Waals surface area (Å²) in [5, 5.41) is 0. The van der Waals surface area contributed by atoms with Crippen LogP contribution in [0.3, 0.4) is 0 Å². The van der Waals surface area contributed by atoms with Gasteiger partial charge in [0.2, 0.25) is 5.91 Å². The van der Waals surface area contributed by atoms with E-state index in [1.165, 1.54) is 12.3 Å². The molecule has 3 N–H and O–H groups in total. The Morgan fingerprint density at radius 3 is 2.70 bits per heavy atom. The van der Waals surface area contributed by atoms with Crippen LogP contribution in [0.1, 0.15) is 36.2 Å². The molecule has 0 bridgehead atoms. The minimum absolute atomic E-state index is 0.0859. The van der Waals surface area contributed by atoms with Gasteiger partial charge in [0.1, 0.15) is 11.5 Å². The van der Waals surface area contributed by atoms with Gasteiger partial charge < -0.3 is 20.4 Å². The van der Waals surface area contributed by atoms with Crippen LogP contribution in [0.2, 0.25) is 0 Å². The number of likely N-dealkylation sites (tertiary alicyclic amines) is 1. The highest BCUT2D eigenvalue weighted by Crippen LogP contribution is 2.30. The lowest BCUT2D eigenvalue weighted by atomic mass is 9.86. The number of amides is 2. The molecule has 0 unspecified atom stereocenters. The molecule has 2 aliphatic heterocycles. The van der Waals surface area contributed by atoms with Crippen molar-refractivity contribution in [2.75, 3.05) is 19.7 Å². The molecule has 6 nitrogen and oxygen atoms in total. The molecule has 0 aromatic carbocycles. The molecule has 23 heavy (non-hydrogen) atoms. The molecule has 2 saturated heterocycles. The molecule has 2 atom stereocenters. The smallest absolute Gasteiger partial charge is 0.270 e. The van der Waals surface area contributed by atoms with Crippen molar-refractivity contribution in [1.29, 1.82) is 0 Å². The number of halogens is 1. The van der Waals surface area contributed by atoms with Gasteiger partial charge in [-0.2, -0.15) is 0 Å². The van der Waals surface area contributed by atoms with E-state index in [4.69, 9.17) is 10.5 Å². The zero-order valence-corrected chi connectivity index (χ0v) is 13.0. The van der Waals surface area contributed by atoms with E-state index in [0.29, 0.717) is 32.0 Å². The van der Waals surface area contributed by atoms with Gasteiger partial charge in [-0.3, -0.25) is 9.59 Å². The van der Waals surface area contributed by atoms with Gasteiger partial charge in [0.25, 0.3) is 5.91 Å². The zero-order valence-electron chi connectivity index (χ0n) is 13.0. The summed E-state index contributed by atoms with van der Waals surface area (Å²) >= 11 is 0. The molecular weight excluding hydrogens is 301 g/mol. The highest BCUT2D eigenvalue weighted by atomic mass is 19.1. The summed E-state index contributed by atoms with van der Waals surface area (Å²) in [6.07, 6.45) is 4.34.